The summed E-state index contributed by atoms with van der Waals surface area (Å²) < 4.78 is 38.3. The second-order valence-electron chi connectivity index (χ2n) is 6.45. The highest BCUT2D eigenvalue weighted by molar-refractivity contribution is 14.0. The van der Waals surface area contributed by atoms with E-state index in [0.29, 0.717) is 31.9 Å². The van der Waals surface area contributed by atoms with Gasteiger partial charge in [0.1, 0.15) is 0 Å². The first kappa shape index (κ1) is 23.3. The lowest BCUT2D eigenvalue weighted by atomic mass is 9.85. The Hall–Kier alpha value is -0.780. The third kappa shape index (κ3) is 7.09. The lowest BCUT2D eigenvalue weighted by Gasteiger charge is -2.31. The van der Waals surface area contributed by atoms with E-state index in [1.54, 1.807) is 11.3 Å². The molecule has 2 rings (SSSR count). The van der Waals surface area contributed by atoms with Gasteiger partial charge in [-0.25, -0.2) is 9.98 Å². The maximum absolute atomic E-state index is 12.8. The third-order valence-corrected chi connectivity index (χ3v) is 5.25. The van der Waals surface area contributed by atoms with E-state index in [-0.39, 0.29) is 42.9 Å². The zero-order valence-electron chi connectivity index (χ0n) is 15.3. The zero-order valence-corrected chi connectivity index (χ0v) is 18.4. The molecule has 0 radical (unpaired) electrons. The molecular formula is C16H27F3IN5S. The van der Waals surface area contributed by atoms with Crippen LogP contribution in [0.5, 0.6) is 0 Å². The fraction of sp³-hybridized carbons (Fsp3) is 0.750. The Morgan fingerprint density at radius 1 is 1.31 bits per heavy atom. The highest BCUT2D eigenvalue weighted by Gasteiger charge is 2.41. The Morgan fingerprint density at radius 2 is 1.96 bits per heavy atom. The first-order valence-electron chi connectivity index (χ1n) is 8.53. The van der Waals surface area contributed by atoms with Crippen LogP contribution in [0.4, 0.5) is 18.3 Å². The Labute approximate surface area is 173 Å². The number of thiazole rings is 1. The van der Waals surface area contributed by atoms with Gasteiger partial charge in [0, 0.05) is 32.1 Å². The van der Waals surface area contributed by atoms with Gasteiger partial charge in [0.25, 0.3) is 0 Å². The summed E-state index contributed by atoms with van der Waals surface area (Å²) in [4.78, 5) is 10.9. The highest BCUT2D eigenvalue weighted by Crippen LogP contribution is 2.37. The molecule has 0 saturated heterocycles. The van der Waals surface area contributed by atoms with Crippen LogP contribution >= 0.6 is 35.3 Å². The summed E-state index contributed by atoms with van der Waals surface area (Å²) in [5.41, 5.74) is 0.881. The molecule has 150 valence electrons. The van der Waals surface area contributed by atoms with Crippen molar-refractivity contribution in [1.82, 2.24) is 15.6 Å². The molecule has 10 heteroatoms. The van der Waals surface area contributed by atoms with Gasteiger partial charge in [0.05, 0.1) is 18.2 Å². The maximum Gasteiger partial charge on any atom is 0.391 e. The molecule has 2 N–H and O–H groups in total. The van der Waals surface area contributed by atoms with Gasteiger partial charge in [-0.05, 0) is 32.6 Å². The van der Waals surface area contributed by atoms with Crippen LogP contribution in [-0.2, 0) is 6.54 Å². The van der Waals surface area contributed by atoms with Crippen molar-refractivity contribution in [2.75, 3.05) is 25.5 Å². The van der Waals surface area contributed by atoms with Crippen molar-refractivity contribution in [3.63, 3.8) is 0 Å². The number of anilines is 1. The van der Waals surface area contributed by atoms with Crippen molar-refractivity contribution in [2.24, 2.45) is 10.9 Å². The summed E-state index contributed by atoms with van der Waals surface area (Å²) in [6.45, 7) is 3.10. The largest absolute Gasteiger partial charge is 0.391 e. The van der Waals surface area contributed by atoms with Gasteiger partial charge in [-0.2, -0.15) is 13.2 Å². The third-order valence-electron chi connectivity index (χ3n) is 4.20. The SMILES string of the molecule is CCNC(=NCc1csc(N(C)C)n1)NC1CCC(C(F)(F)F)CC1.I. The Bertz CT molecular complexity index is 568. The van der Waals surface area contributed by atoms with E-state index in [2.05, 4.69) is 20.6 Å². The fourth-order valence-corrected chi connectivity index (χ4v) is 3.56. The fourth-order valence-electron chi connectivity index (χ4n) is 2.81. The predicted octanol–water partition coefficient (Wildman–Crippen LogP) is 4.00. The molecule has 0 bridgehead atoms. The predicted molar refractivity (Wildman–Crippen MR) is 112 cm³/mol. The number of hydrogen-bond donors (Lipinski definition) is 2. The molecule has 0 unspecified atom stereocenters. The number of aromatic nitrogens is 1. The van der Waals surface area contributed by atoms with Gasteiger partial charge in [-0.1, -0.05) is 0 Å². The minimum absolute atomic E-state index is 0. The van der Waals surface area contributed by atoms with E-state index < -0.39 is 12.1 Å². The molecule has 0 spiro atoms. The van der Waals surface area contributed by atoms with Crippen LogP contribution in [0.3, 0.4) is 0 Å². The molecule has 1 aromatic rings. The normalized spacial score (nSPS) is 21.1. The summed E-state index contributed by atoms with van der Waals surface area (Å²) in [5, 5.41) is 9.31. The summed E-state index contributed by atoms with van der Waals surface area (Å²) in [5.74, 6) is -0.526. The molecule has 1 aliphatic rings. The van der Waals surface area contributed by atoms with Crippen LogP contribution in [0.25, 0.3) is 0 Å². The van der Waals surface area contributed by atoms with Gasteiger partial charge in [-0.15, -0.1) is 35.3 Å². The average molecular weight is 505 g/mol. The van der Waals surface area contributed by atoms with Gasteiger partial charge < -0.3 is 15.5 Å². The minimum Gasteiger partial charge on any atom is -0.357 e. The van der Waals surface area contributed by atoms with Crippen molar-refractivity contribution in [3.05, 3.63) is 11.1 Å². The van der Waals surface area contributed by atoms with E-state index in [1.807, 2.05) is 31.3 Å². The number of nitrogens with one attached hydrogen (secondary N) is 2. The Kier molecular flexibility index (Phi) is 9.42. The summed E-state index contributed by atoms with van der Waals surface area (Å²) in [6, 6.07) is 0.0316. The van der Waals surface area contributed by atoms with Crippen LogP contribution < -0.4 is 15.5 Å². The average Bonchev–Trinajstić information content (AvgIpc) is 3.02. The van der Waals surface area contributed by atoms with Crippen LogP contribution in [0, 0.1) is 5.92 Å². The number of alkyl halides is 3. The van der Waals surface area contributed by atoms with Crippen molar-refractivity contribution < 1.29 is 13.2 Å². The summed E-state index contributed by atoms with van der Waals surface area (Å²) in [7, 11) is 3.88. The standard InChI is InChI=1S/C16H26F3N5S.HI/c1-4-20-14(21-9-13-10-25-15(23-13)24(2)3)22-12-7-5-11(6-8-12)16(17,18)19;/h10-12H,4-9H2,1-3H3,(H2,20,21,22);1H. The topological polar surface area (TPSA) is 52.6 Å². The number of rotatable bonds is 5. The van der Waals surface area contributed by atoms with Gasteiger partial charge in [0.15, 0.2) is 11.1 Å². The Balaban J connectivity index is 0.00000338. The van der Waals surface area contributed by atoms with Gasteiger partial charge in [-0.3, -0.25) is 0 Å². The quantitative estimate of drug-likeness (QED) is 0.361. The number of nitrogens with zero attached hydrogens (tertiary/aromatic N) is 3. The first-order valence-corrected chi connectivity index (χ1v) is 9.40. The van der Waals surface area contributed by atoms with E-state index >= 15 is 0 Å². The summed E-state index contributed by atoms with van der Waals surface area (Å²) >= 11 is 1.56. The van der Waals surface area contributed by atoms with E-state index in [0.717, 1.165) is 10.8 Å². The van der Waals surface area contributed by atoms with Crippen molar-refractivity contribution >= 4 is 46.4 Å². The molecule has 0 amide bonds. The molecule has 1 aliphatic carbocycles. The van der Waals surface area contributed by atoms with E-state index in [4.69, 9.17) is 0 Å². The molecular weight excluding hydrogens is 478 g/mol. The second kappa shape index (κ2) is 10.5. The number of guanidine groups is 1. The molecule has 1 saturated carbocycles. The van der Waals surface area contributed by atoms with E-state index in [1.165, 1.54) is 0 Å². The lowest BCUT2D eigenvalue weighted by Crippen LogP contribution is -2.45. The van der Waals surface area contributed by atoms with Crippen molar-refractivity contribution in [3.8, 4) is 0 Å². The number of hydrogen-bond acceptors (Lipinski definition) is 4. The maximum atomic E-state index is 12.8. The monoisotopic (exact) mass is 505 g/mol. The highest BCUT2D eigenvalue weighted by atomic mass is 127. The molecule has 0 atom stereocenters. The van der Waals surface area contributed by atoms with Crippen LogP contribution in [-0.4, -0.2) is 43.8 Å². The molecule has 1 aromatic heterocycles. The van der Waals surface area contributed by atoms with Crippen LogP contribution in [0.1, 0.15) is 38.3 Å². The van der Waals surface area contributed by atoms with Crippen molar-refractivity contribution in [2.45, 2.75) is 51.4 Å². The van der Waals surface area contributed by atoms with E-state index in [9.17, 15) is 13.2 Å². The van der Waals surface area contributed by atoms with Gasteiger partial charge >= 0.3 is 6.18 Å². The molecule has 1 fully saturated rings. The smallest absolute Gasteiger partial charge is 0.357 e. The molecule has 0 aliphatic heterocycles. The summed E-state index contributed by atoms with van der Waals surface area (Å²) in [6.07, 6.45) is -2.69. The molecule has 1 heterocycles. The zero-order chi connectivity index (χ0) is 18.4. The molecule has 5 nitrogen and oxygen atoms in total. The molecule has 0 aromatic carbocycles. The number of aliphatic imine (C=N–C) groups is 1. The van der Waals surface area contributed by atoms with Crippen LogP contribution in [0.15, 0.2) is 10.4 Å². The number of halogens is 4. The Morgan fingerprint density at radius 3 is 2.46 bits per heavy atom. The molecule has 26 heavy (non-hydrogen) atoms. The van der Waals surface area contributed by atoms with Crippen LogP contribution in [0.2, 0.25) is 0 Å². The lowest BCUT2D eigenvalue weighted by molar-refractivity contribution is -0.182. The minimum atomic E-state index is -4.07. The van der Waals surface area contributed by atoms with Gasteiger partial charge in [0.2, 0.25) is 0 Å². The van der Waals surface area contributed by atoms with Crippen molar-refractivity contribution in [1.29, 1.82) is 0 Å². The second-order valence-corrected chi connectivity index (χ2v) is 7.28. The first-order chi connectivity index (χ1) is 11.8.